The van der Waals surface area contributed by atoms with Crippen LogP contribution >= 0.6 is 0 Å². The fourth-order valence-electron chi connectivity index (χ4n) is 1.89. The fourth-order valence-corrected chi connectivity index (χ4v) is 1.89. The zero-order valence-corrected chi connectivity index (χ0v) is 8.81. The van der Waals surface area contributed by atoms with Crippen molar-refractivity contribution in [3.63, 3.8) is 0 Å². The molecule has 1 aliphatic carbocycles. The molecule has 94 valence electrons. The molecule has 0 saturated heterocycles. The van der Waals surface area contributed by atoms with Crippen molar-refractivity contribution in [2.24, 2.45) is 11.7 Å². The van der Waals surface area contributed by atoms with E-state index in [2.05, 4.69) is 5.32 Å². The van der Waals surface area contributed by atoms with Gasteiger partial charge >= 0.3 is 12.3 Å². The molecule has 4 N–H and O–H groups in total. The topological polar surface area (TPSA) is 67.1 Å². The van der Waals surface area contributed by atoms with E-state index in [0.717, 1.165) is 18.2 Å². The molecule has 1 rings (SSSR count). The lowest BCUT2D eigenvalue weighted by molar-refractivity contribution is -0.145. The number of nitrogens with one attached hydrogen (secondary N) is 2. The van der Waals surface area contributed by atoms with E-state index in [0.29, 0.717) is 25.3 Å². The third-order valence-electron chi connectivity index (χ3n) is 2.77. The Bertz CT molecular complexity index is 237. The summed E-state index contributed by atoms with van der Waals surface area (Å²) in [5, 5.41) is 3.23. The lowest BCUT2D eigenvalue weighted by atomic mass is 9.86. The minimum Gasteiger partial charge on any atom is -0.335 e. The molecule has 0 unspecified atom stereocenters. The van der Waals surface area contributed by atoms with Crippen LogP contribution in [0.3, 0.4) is 0 Å². The molecule has 1 saturated carbocycles. The van der Waals surface area contributed by atoms with Crippen LogP contribution in [0.5, 0.6) is 0 Å². The van der Waals surface area contributed by atoms with E-state index in [1.165, 1.54) is 0 Å². The van der Waals surface area contributed by atoms with Gasteiger partial charge in [0.05, 0.1) is 0 Å². The summed E-state index contributed by atoms with van der Waals surface area (Å²) in [6.07, 6.45) is -1.58. The smallest absolute Gasteiger partial charge is 0.335 e. The van der Waals surface area contributed by atoms with Gasteiger partial charge in [-0.25, -0.2) is 10.1 Å². The zero-order chi connectivity index (χ0) is 12.2. The maximum Gasteiger partial charge on any atom is 0.485 e. The molecule has 0 radical (unpaired) electrons. The molecule has 2 amide bonds. The van der Waals surface area contributed by atoms with Crippen LogP contribution in [-0.2, 0) is 0 Å². The van der Waals surface area contributed by atoms with Gasteiger partial charge in [0.1, 0.15) is 0 Å². The molecule has 0 aliphatic heterocycles. The summed E-state index contributed by atoms with van der Waals surface area (Å²) in [6.45, 7) is 0.599. The largest absolute Gasteiger partial charge is 0.485 e. The molecule has 4 nitrogen and oxygen atoms in total. The SMILES string of the molecule is NCC1CCC(NC(=O)NC(F)(F)F)CC1. The molecular weight excluding hydrogens is 223 g/mol. The number of amides is 2. The molecule has 7 heteroatoms. The maximum atomic E-state index is 11.8. The summed E-state index contributed by atoms with van der Waals surface area (Å²) in [4.78, 5) is 10.9. The average Bonchev–Trinajstić information content (AvgIpc) is 2.16. The van der Waals surface area contributed by atoms with E-state index < -0.39 is 12.3 Å². The normalized spacial score (nSPS) is 26.2. The van der Waals surface area contributed by atoms with Crippen molar-refractivity contribution in [1.29, 1.82) is 0 Å². The Labute approximate surface area is 91.8 Å². The van der Waals surface area contributed by atoms with E-state index >= 15 is 0 Å². The van der Waals surface area contributed by atoms with Crippen LogP contribution in [0.1, 0.15) is 25.7 Å². The quantitative estimate of drug-likeness (QED) is 0.636. The van der Waals surface area contributed by atoms with E-state index in [1.54, 1.807) is 0 Å². The molecule has 0 bridgehead atoms. The van der Waals surface area contributed by atoms with Crippen LogP contribution in [0.15, 0.2) is 0 Å². The number of carbonyl (C=O) groups is 1. The van der Waals surface area contributed by atoms with Crippen LogP contribution < -0.4 is 16.4 Å². The van der Waals surface area contributed by atoms with Gasteiger partial charge in [-0.05, 0) is 38.1 Å². The summed E-state index contributed by atoms with van der Waals surface area (Å²) in [5.74, 6) is 0.434. The maximum absolute atomic E-state index is 11.8. The van der Waals surface area contributed by atoms with Gasteiger partial charge in [0, 0.05) is 6.04 Å². The molecule has 0 heterocycles. The molecule has 0 spiro atoms. The zero-order valence-electron chi connectivity index (χ0n) is 8.81. The first kappa shape index (κ1) is 13.1. The Morgan fingerprint density at radius 2 is 1.81 bits per heavy atom. The van der Waals surface area contributed by atoms with Crippen LogP contribution in [0.2, 0.25) is 0 Å². The van der Waals surface area contributed by atoms with Crippen molar-refractivity contribution in [3.8, 4) is 0 Å². The highest BCUT2D eigenvalue weighted by molar-refractivity contribution is 5.74. The number of urea groups is 1. The minimum absolute atomic E-state index is 0.176. The Kier molecular flexibility index (Phi) is 4.40. The number of halogens is 3. The Hall–Kier alpha value is -0.980. The standard InChI is InChI=1S/C9H16F3N3O/c10-9(11,12)15-8(16)14-7-3-1-6(5-13)2-4-7/h6-7H,1-5,13H2,(H2,14,15,16). The van der Waals surface area contributed by atoms with Gasteiger partial charge in [-0.1, -0.05) is 0 Å². The Balaban J connectivity index is 2.26. The van der Waals surface area contributed by atoms with E-state index in [4.69, 9.17) is 5.73 Å². The highest BCUT2D eigenvalue weighted by atomic mass is 19.4. The molecular formula is C9H16F3N3O. The van der Waals surface area contributed by atoms with Crippen molar-refractivity contribution in [2.75, 3.05) is 6.54 Å². The highest BCUT2D eigenvalue weighted by Crippen LogP contribution is 2.23. The number of hydrogen-bond acceptors (Lipinski definition) is 2. The van der Waals surface area contributed by atoms with Crippen molar-refractivity contribution in [3.05, 3.63) is 0 Å². The molecule has 0 aromatic heterocycles. The summed E-state index contributed by atoms with van der Waals surface area (Å²) in [7, 11) is 0. The number of carbonyl (C=O) groups excluding carboxylic acids is 1. The monoisotopic (exact) mass is 239 g/mol. The lowest BCUT2D eigenvalue weighted by Gasteiger charge is -2.28. The first-order valence-electron chi connectivity index (χ1n) is 5.26. The number of alkyl halides is 3. The van der Waals surface area contributed by atoms with Gasteiger partial charge in [-0.15, -0.1) is 0 Å². The minimum atomic E-state index is -4.67. The van der Waals surface area contributed by atoms with Gasteiger partial charge in [-0.3, -0.25) is 0 Å². The third-order valence-corrected chi connectivity index (χ3v) is 2.77. The van der Waals surface area contributed by atoms with Gasteiger partial charge < -0.3 is 11.1 Å². The Morgan fingerprint density at radius 3 is 2.25 bits per heavy atom. The van der Waals surface area contributed by atoms with E-state index in [1.807, 2.05) is 0 Å². The molecule has 0 aromatic carbocycles. The van der Waals surface area contributed by atoms with Crippen LogP contribution in [-0.4, -0.2) is 24.9 Å². The molecule has 16 heavy (non-hydrogen) atoms. The molecule has 1 fully saturated rings. The predicted octanol–water partition coefficient (Wildman–Crippen LogP) is 1.32. The second-order valence-corrected chi connectivity index (χ2v) is 4.05. The Morgan fingerprint density at radius 1 is 1.25 bits per heavy atom. The summed E-state index contributed by atoms with van der Waals surface area (Å²) < 4.78 is 35.4. The average molecular weight is 239 g/mol. The number of hydrogen-bond donors (Lipinski definition) is 3. The summed E-state index contributed by atoms with van der Waals surface area (Å²) in [5.41, 5.74) is 5.48. The number of rotatable bonds is 2. The van der Waals surface area contributed by atoms with Crippen LogP contribution in [0.25, 0.3) is 0 Å². The van der Waals surface area contributed by atoms with Crippen molar-refractivity contribution in [1.82, 2.24) is 10.6 Å². The summed E-state index contributed by atoms with van der Waals surface area (Å²) in [6, 6.07) is -1.35. The fraction of sp³-hybridized carbons (Fsp3) is 0.889. The van der Waals surface area contributed by atoms with Crippen molar-refractivity contribution in [2.45, 2.75) is 38.0 Å². The third kappa shape index (κ3) is 4.69. The van der Waals surface area contributed by atoms with Crippen LogP contribution in [0, 0.1) is 5.92 Å². The molecule has 0 aromatic rings. The predicted molar refractivity (Wildman–Crippen MR) is 52.5 cm³/mol. The van der Waals surface area contributed by atoms with Crippen LogP contribution in [0.4, 0.5) is 18.0 Å². The van der Waals surface area contributed by atoms with Gasteiger partial charge in [0.15, 0.2) is 0 Å². The summed E-state index contributed by atoms with van der Waals surface area (Å²) >= 11 is 0. The lowest BCUT2D eigenvalue weighted by Crippen LogP contribution is -2.48. The molecule has 1 aliphatic rings. The van der Waals surface area contributed by atoms with Gasteiger partial charge in [-0.2, -0.15) is 13.2 Å². The van der Waals surface area contributed by atoms with E-state index in [-0.39, 0.29) is 6.04 Å². The number of nitrogens with two attached hydrogens (primary N) is 1. The molecule has 0 atom stereocenters. The van der Waals surface area contributed by atoms with Crippen molar-refractivity contribution < 1.29 is 18.0 Å². The van der Waals surface area contributed by atoms with E-state index in [9.17, 15) is 18.0 Å². The van der Waals surface area contributed by atoms with Crippen molar-refractivity contribution >= 4 is 6.03 Å². The van der Waals surface area contributed by atoms with Gasteiger partial charge in [0.2, 0.25) is 0 Å². The highest BCUT2D eigenvalue weighted by Gasteiger charge is 2.31. The first-order valence-corrected chi connectivity index (χ1v) is 5.26. The first-order chi connectivity index (χ1) is 7.40. The van der Waals surface area contributed by atoms with Gasteiger partial charge in [0.25, 0.3) is 0 Å². The second-order valence-electron chi connectivity index (χ2n) is 4.05. The second kappa shape index (κ2) is 5.38.